The highest BCUT2D eigenvalue weighted by Crippen LogP contribution is 2.22. The van der Waals surface area contributed by atoms with E-state index in [1.54, 1.807) is 37.3 Å². The van der Waals surface area contributed by atoms with Gasteiger partial charge in [-0.15, -0.1) is 0 Å². The third kappa shape index (κ3) is 3.97. The Kier molecular flexibility index (Phi) is 4.88. The van der Waals surface area contributed by atoms with E-state index in [9.17, 15) is 8.42 Å². The smallest absolute Gasteiger partial charge is 0.240 e. The fourth-order valence-corrected chi connectivity index (χ4v) is 3.50. The van der Waals surface area contributed by atoms with Crippen molar-refractivity contribution in [3.8, 4) is 0 Å². The minimum absolute atomic E-state index is 0.215. The fraction of sp³-hybridized carbons (Fsp3) is 0.200. The van der Waals surface area contributed by atoms with E-state index in [1.807, 2.05) is 12.1 Å². The average Bonchev–Trinajstić information content (AvgIpc) is 2.44. The first kappa shape index (κ1) is 15.8. The van der Waals surface area contributed by atoms with Crippen LogP contribution >= 0.6 is 11.6 Å². The number of benzene rings is 2. The monoisotopic (exact) mass is 324 g/mol. The van der Waals surface area contributed by atoms with Crippen LogP contribution in [0.4, 0.5) is 5.69 Å². The van der Waals surface area contributed by atoms with E-state index in [4.69, 9.17) is 17.3 Å². The van der Waals surface area contributed by atoms with E-state index in [0.29, 0.717) is 29.2 Å². The fourth-order valence-electron chi connectivity index (χ4n) is 1.97. The molecule has 112 valence electrons. The van der Waals surface area contributed by atoms with E-state index in [1.165, 1.54) is 0 Å². The van der Waals surface area contributed by atoms with Crippen LogP contribution in [-0.4, -0.2) is 15.0 Å². The molecule has 0 aromatic heterocycles. The van der Waals surface area contributed by atoms with Crippen molar-refractivity contribution in [3.05, 3.63) is 58.6 Å². The maximum atomic E-state index is 12.3. The summed E-state index contributed by atoms with van der Waals surface area (Å²) >= 11 is 5.96. The Balaban J connectivity index is 2.05. The number of rotatable bonds is 5. The molecule has 2 rings (SSSR count). The lowest BCUT2D eigenvalue weighted by atomic mass is 10.1. The van der Waals surface area contributed by atoms with Gasteiger partial charge < -0.3 is 5.73 Å². The summed E-state index contributed by atoms with van der Waals surface area (Å²) in [5.41, 5.74) is 7.87. The van der Waals surface area contributed by atoms with Crippen LogP contribution < -0.4 is 10.5 Å². The molecule has 0 spiro atoms. The average molecular weight is 325 g/mol. The Hall–Kier alpha value is -1.56. The molecule has 0 atom stereocenters. The van der Waals surface area contributed by atoms with Crippen LogP contribution in [0.2, 0.25) is 5.02 Å². The molecule has 3 N–H and O–H groups in total. The number of nitrogens with two attached hydrogens (primary N) is 1. The molecule has 0 radical (unpaired) electrons. The van der Waals surface area contributed by atoms with E-state index >= 15 is 0 Å². The number of sulfonamides is 1. The van der Waals surface area contributed by atoms with Crippen LogP contribution in [0.1, 0.15) is 11.1 Å². The van der Waals surface area contributed by atoms with Crippen LogP contribution in [0.25, 0.3) is 0 Å². The van der Waals surface area contributed by atoms with Crippen molar-refractivity contribution in [1.82, 2.24) is 4.72 Å². The summed E-state index contributed by atoms with van der Waals surface area (Å²) in [5, 5.41) is 0.441. The second-order valence-corrected chi connectivity index (χ2v) is 6.89. The highest BCUT2D eigenvalue weighted by atomic mass is 35.5. The summed E-state index contributed by atoms with van der Waals surface area (Å²) in [6.45, 7) is 2.01. The summed E-state index contributed by atoms with van der Waals surface area (Å²) in [5.74, 6) is 0. The number of hydrogen-bond donors (Lipinski definition) is 2. The van der Waals surface area contributed by atoms with Gasteiger partial charge >= 0.3 is 0 Å². The minimum Gasteiger partial charge on any atom is -0.399 e. The van der Waals surface area contributed by atoms with Gasteiger partial charge in [-0.3, -0.25) is 0 Å². The lowest BCUT2D eigenvalue weighted by molar-refractivity contribution is 0.581. The molecular formula is C15H17ClN2O2S. The third-order valence-electron chi connectivity index (χ3n) is 3.19. The Morgan fingerprint density at radius 1 is 1.14 bits per heavy atom. The van der Waals surface area contributed by atoms with Crippen molar-refractivity contribution in [3.63, 3.8) is 0 Å². The molecule has 0 fully saturated rings. The molecule has 0 aliphatic carbocycles. The Labute approximate surface area is 130 Å². The van der Waals surface area contributed by atoms with Gasteiger partial charge in [0.15, 0.2) is 0 Å². The van der Waals surface area contributed by atoms with E-state index in [2.05, 4.69) is 4.72 Å². The van der Waals surface area contributed by atoms with Crippen molar-refractivity contribution < 1.29 is 8.42 Å². The largest absolute Gasteiger partial charge is 0.399 e. The maximum absolute atomic E-state index is 12.3. The minimum atomic E-state index is -3.55. The predicted molar refractivity (Wildman–Crippen MR) is 85.9 cm³/mol. The molecule has 2 aromatic carbocycles. The number of anilines is 1. The Morgan fingerprint density at radius 3 is 2.48 bits per heavy atom. The topological polar surface area (TPSA) is 72.2 Å². The van der Waals surface area contributed by atoms with E-state index < -0.39 is 10.0 Å². The van der Waals surface area contributed by atoms with Gasteiger partial charge in [0.05, 0.1) is 4.90 Å². The molecule has 2 aromatic rings. The lowest BCUT2D eigenvalue weighted by Gasteiger charge is -2.10. The first-order valence-electron chi connectivity index (χ1n) is 6.49. The van der Waals surface area contributed by atoms with Gasteiger partial charge in [-0.1, -0.05) is 29.8 Å². The van der Waals surface area contributed by atoms with Crippen LogP contribution in [0.15, 0.2) is 47.4 Å². The zero-order valence-electron chi connectivity index (χ0n) is 11.6. The SMILES string of the molecule is Cc1c(Cl)cccc1S(=O)(=O)NCCc1ccc(N)cc1. The number of nitrogens with one attached hydrogen (secondary N) is 1. The van der Waals surface area contributed by atoms with E-state index in [-0.39, 0.29) is 4.90 Å². The quantitative estimate of drug-likeness (QED) is 0.831. The summed E-state index contributed by atoms with van der Waals surface area (Å²) in [4.78, 5) is 0.215. The van der Waals surface area contributed by atoms with Crippen molar-refractivity contribution in [2.45, 2.75) is 18.2 Å². The summed E-state index contributed by atoms with van der Waals surface area (Å²) in [6.07, 6.45) is 0.596. The zero-order chi connectivity index (χ0) is 15.5. The predicted octanol–water partition coefficient (Wildman–Crippen LogP) is 2.75. The third-order valence-corrected chi connectivity index (χ3v) is 5.21. The molecule has 0 unspecified atom stereocenters. The second-order valence-electron chi connectivity index (χ2n) is 4.75. The van der Waals surface area contributed by atoms with Crippen LogP contribution in [0.5, 0.6) is 0 Å². The van der Waals surface area contributed by atoms with Crippen LogP contribution in [0.3, 0.4) is 0 Å². The first-order chi connectivity index (χ1) is 9.90. The number of hydrogen-bond acceptors (Lipinski definition) is 3. The van der Waals surface area contributed by atoms with Gasteiger partial charge in [-0.05, 0) is 48.7 Å². The highest BCUT2D eigenvalue weighted by molar-refractivity contribution is 7.89. The second kappa shape index (κ2) is 6.47. The van der Waals surface area contributed by atoms with Gasteiger partial charge in [0.1, 0.15) is 0 Å². The van der Waals surface area contributed by atoms with E-state index in [0.717, 1.165) is 5.56 Å². The molecule has 0 saturated heterocycles. The maximum Gasteiger partial charge on any atom is 0.240 e. The summed E-state index contributed by atoms with van der Waals surface area (Å²) in [7, 11) is -3.55. The molecule has 6 heteroatoms. The number of halogens is 1. The molecule has 4 nitrogen and oxygen atoms in total. The zero-order valence-corrected chi connectivity index (χ0v) is 13.2. The highest BCUT2D eigenvalue weighted by Gasteiger charge is 2.17. The summed E-state index contributed by atoms with van der Waals surface area (Å²) in [6, 6.07) is 12.2. The molecular weight excluding hydrogens is 308 g/mol. The molecule has 0 aliphatic rings. The van der Waals surface area contributed by atoms with Gasteiger partial charge in [0.2, 0.25) is 10.0 Å². The Bertz CT molecular complexity index is 728. The molecule has 0 bridgehead atoms. The Morgan fingerprint density at radius 2 is 1.81 bits per heavy atom. The molecule has 0 saturated carbocycles. The molecule has 21 heavy (non-hydrogen) atoms. The van der Waals surface area contributed by atoms with Crippen molar-refractivity contribution in [2.24, 2.45) is 0 Å². The molecule has 0 heterocycles. The van der Waals surface area contributed by atoms with Crippen molar-refractivity contribution >= 4 is 27.3 Å². The van der Waals surface area contributed by atoms with Gasteiger partial charge in [-0.25, -0.2) is 13.1 Å². The molecule has 0 aliphatic heterocycles. The van der Waals surface area contributed by atoms with Crippen molar-refractivity contribution in [2.75, 3.05) is 12.3 Å². The molecule has 0 amide bonds. The van der Waals surface area contributed by atoms with Crippen LogP contribution in [-0.2, 0) is 16.4 Å². The van der Waals surface area contributed by atoms with Gasteiger partial charge in [0.25, 0.3) is 0 Å². The van der Waals surface area contributed by atoms with Gasteiger partial charge in [0, 0.05) is 17.3 Å². The van der Waals surface area contributed by atoms with Crippen LogP contribution in [0, 0.1) is 6.92 Å². The summed E-state index contributed by atoms with van der Waals surface area (Å²) < 4.78 is 27.1. The normalized spacial score (nSPS) is 11.5. The first-order valence-corrected chi connectivity index (χ1v) is 8.35. The lowest BCUT2D eigenvalue weighted by Crippen LogP contribution is -2.26. The standard InChI is InChI=1S/C15H17ClN2O2S/c1-11-14(16)3-2-4-15(11)21(19,20)18-10-9-12-5-7-13(17)8-6-12/h2-8,18H,9-10,17H2,1H3. The van der Waals surface area contributed by atoms with Gasteiger partial charge in [-0.2, -0.15) is 0 Å². The van der Waals surface area contributed by atoms with Crippen molar-refractivity contribution in [1.29, 1.82) is 0 Å². The number of nitrogen functional groups attached to an aromatic ring is 1.